The van der Waals surface area contributed by atoms with Crippen LogP contribution in [0, 0.1) is 0 Å². The zero-order valence-electron chi connectivity index (χ0n) is 14.8. The number of halogens is 1. The zero-order valence-corrected chi connectivity index (χ0v) is 16.5. The summed E-state index contributed by atoms with van der Waals surface area (Å²) in [6.45, 7) is 12.4. The van der Waals surface area contributed by atoms with Crippen LogP contribution in [0.15, 0.2) is 24.3 Å². The Morgan fingerprint density at radius 1 is 1.00 bits per heavy atom. The molecule has 0 bridgehead atoms. The lowest BCUT2D eigenvalue weighted by molar-refractivity contribution is -0.00000529. The second-order valence-electron chi connectivity index (χ2n) is 5.39. The van der Waals surface area contributed by atoms with E-state index < -0.39 is 7.71 Å². The van der Waals surface area contributed by atoms with Gasteiger partial charge in [0.05, 0.1) is 11.0 Å². The maximum Gasteiger partial charge on any atom is 0.313 e. The molecular weight excluding hydrogens is 329 g/mol. The molecule has 0 atom stereocenters. The molecule has 0 aliphatic rings. The highest BCUT2D eigenvalue weighted by Crippen LogP contribution is 2.55. The number of rotatable bonds is 7. The standard InChI is InChI=1S/C16H29N5P.ClH/c1-6-20(7-2)22(17,21(8-3)9-4)16-18-14-12-10-11-13-15(14)19(16)5;/h10-13H,6-9,17H2,1-5H3;1H/q+1;/p-1. The average Bonchev–Trinajstić information content (AvgIpc) is 2.87. The van der Waals surface area contributed by atoms with Crippen molar-refractivity contribution in [1.29, 1.82) is 0 Å². The molecule has 0 aliphatic carbocycles. The van der Waals surface area contributed by atoms with Crippen molar-refractivity contribution < 1.29 is 12.4 Å². The van der Waals surface area contributed by atoms with Crippen molar-refractivity contribution in [1.82, 2.24) is 18.9 Å². The summed E-state index contributed by atoms with van der Waals surface area (Å²) in [5.74, 6) is 0. The maximum absolute atomic E-state index is 7.09. The third kappa shape index (κ3) is 3.40. The summed E-state index contributed by atoms with van der Waals surface area (Å²) < 4.78 is 6.96. The number of aromatic nitrogens is 2. The fraction of sp³-hybridized carbons (Fsp3) is 0.562. The number of hydrogen-bond acceptors (Lipinski definition) is 4. The lowest BCUT2D eigenvalue weighted by Crippen LogP contribution is -3.00. The van der Waals surface area contributed by atoms with Crippen LogP contribution < -0.4 is 23.5 Å². The normalized spacial score (nSPS) is 12.2. The second kappa shape index (κ2) is 8.41. The summed E-state index contributed by atoms with van der Waals surface area (Å²) in [6, 6.07) is 8.26. The number of benzene rings is 1. The number of nitrogens with zero attached hydrogens (tertiary/aromatic N) is 4. The topological polar surface area (TPSA) is 50.3 Å². The minimum Gasteiger partial charge on any atom is -1.00 e. The molecule has 2 rings (SSSR count). The molecule has 0 saturated heterocycles. The average molecular weight is 358 g/mol. The van der Waals surface area contributed by atoms with Gasteiger partial charge in [0, 0.05) is 33.2 Å². The van der Waals surface area contributed by atoms with E-state index in [9.17, 15) is 0 Å². The van der Waals surface area contributed by atoms with E-state index in [0.717, 1.165) is 42.8 Å². The molecule has 0 amide bonds. The van der Waals surface area contributed by atoms with Crippen molar-refractivity contribution in [3.05, 3.63) is 24.3 Å². The van der Waals surface area contributed by atoms with Gasteiger partial charge < -0.3 is 12.4 Å². The van der Waals surface area contributed by atoms with Crippen molar-refractivity contribution >= 4 is 24.3 Å². The van der Waals surface area contributed by atoms with E-state index in [4.69, 9.17) is 10.5 Å². The van der Waals surface area contributed by atoms with Crippen LogP contribution in [0.25, 0.3) is 11.0 Å². The highest BCUT2D eigenvalue weighted by Gasteiger charge is 2.52. The molecule has 1 aromatic heterocycles. The first-order chi connectivity index (χ1) is 10.5. The number of aryl methyl sites for hydroxylation is 1. The second-order valence-corrected chi connectivity index (χ2v) is 8.22. The molecule has 1 heterocycles. The van der Waals surface area contributed by atoms with Gasteiger partial charge in [0.15, 0.2) is 0 Å². The maximum atomic E-state index is 7.09. The van der Waals surface area contributed by atoms with Gasteiger partial charge in [0.2, 0.25) is 0 Å². The molecule has 7 heteroatoms. The van der Waals surface area contributed by atoms with Crippen molar-refractivity contribution in [3.63, 3.8) is 0 Å². The number of fused-ring (bicyclic) bond motifs is 1. The molecule has 130 valence electrons. The first-order valence-electron chi connectivity index (χ1n) is 8.14. The van der Waals surface area contributed by atoms with E-state index in [0.29, 0.717) is 0 Å². The summed E-state index contributed by atoms with van der Waals surface area (Å²) in [6.07, 6.45) is 0. The third-order valence-corrected chi connectivity index (χ3v) is 8.23. The smallest absolute Gasteiger partial charge is 0.313 e. The van der Waals surface area contributed by atoms with Crippen molar-refractivity contribution in [2.24, 2.45) is 12.6 Å². The fourth-order valence-electron chi connectivity index (χ4n) is 3.17. The SMILES string of the molecule is CCN(CC)[P+](N)(c1nc2ccccc2n1C)N(CC)CC.[Cl-]. The van der Waals surface area contributed by atoms with Gasteiger partial charge in [0.25, 0.3) is 7.71 Å². The van der Waals surface area contributed by atoms with Crippen molar-refractivity contribution in [2.75, 3.05) is 26.2 Å². The van der Waals surface area contributed by atoms with Gasteiger partial charge in [-0.15, -0.1) is 9.34 Å². The van der Waals surface area contributed by atoms with Crippen LogP contribution in [-0.4, -0.2) is 45.1 Å². The Hall–Kier alpha value is -0.710. The van der Waals surface area contributed by atoms with Crippen molar-refractivity contribution in [3.8, 4) is 0 Å². The van der Waals surface area contributed by atoms with E-state index >= 15 is 0 Å². The van der Waals surface area contributed by atoms with E-state index in [1.165, 1.54) is 0 Å². The van der Waals surface area contributed by atoms with Gasteiger partial charge in [-0.2, -0.15) is 10.5 Å². The molecule has 23 heavy (non-hydrogen) atoms. The minimum atomic E-state index is -2.13. The van der Waals surface area contributed by atoms with Crippen LogP contribution >= 0.6 is 7.71 Å². The molecule has 0 spiro atoms. The fourth-order valence-corrected chi connectivity index (χ4v) is 6.56. The lowest BCUT2D eigenvalue weighted by atomic mass is 10.3. The largest absolute Gasteiger partial charge is 1.00 e. The van der Waals surface area contributed by atoms with Gasteiger partial charge >= 0.3 is 5.57 Å². The molecule has 0 saturated carbocycles. The Labute approximate surface area is 146 Å². The Morgan fingerprint density at radius 3 is 1.91 bits per heavy atom. The first kappa shape index (κ1) is 20.3. The first-order valence-corrected chi connectivity index (χ1v) is 9.91. The monoisotopic (exact) mass is 357 g/mol. The molecule has 1 aromatic carbocycles. The molecule has 0 aliphatic heterocycles. The van der Waals surface area contributed by atoms with Crippen LogP contribution in [0.2, 0.25) is 0 Å². The Bertz CT molecular complexity index is 610. The number of nitrogens with two attached hydrogens (primary N) is 1. The minimum absolute atomic E-state index is 0. The Balaban J connectivity index is 0.00000264. The molecule has 2 aromatic rings. The third-order valence-electron chi connectivity index (χ3n) is 4.38. The lowest BCUT2D eigenvalue weighted by Gasteiger charge is -2.36. The Kier molecular flexibility index (Phi) is 7.43. The molecule has 0 fully saturated rings. The summed E-state index contributed by atoms with van der Waals surface area (Å²) in [5, 5.41) is 0. The molecule has 0 radical (unpaired) electrons. The van der Waals surface area contributed by atoms with E-state index in [1.807, 2.05) is 6.07 Å². The predicted octanol–water partition coefficient (Wildman–Crippen LogP) is -0.392. The van der Waals surface area contributed by atoms with Gasteiger partial charge in [-0.25, -0.2) is 0 Å². The van der Waals surface area contributed by atoms with Crippen LogP contribution in [0.1, 0.15) is 27.7 Å². The van der Waals surface area contributed by atoms with E-state index in [2.05, 4.69) is 66.8 Å². The van der Waals surface area contributed by atoms with E-state index in [-0.39, 0.29) is 12.4 Å². The number of hydrogen-bond donors (Lipinski definition) is 1. The van der Waals surface area contributed by atoms with Gasteiger partial charge in [-0.1, -0.05) is 12.1 Å². The highest BCUT2D eigenvalue weighted by molar-refractivity contribution is 7.76. The highest BCUT2D eigenvalue weighted by atomic mass is 35.5. The van der Waals surface area contributed by atoms with Crippen LogP contribution in [0.3, 0.4) is 0 Å². The summed E-state index contributed by atoms with van der Waals surface area (Å²) >= 11 is 0. The summed E-state index contributed by atoms with van der Waals surface area (Å²) in [4.78, 5) is 4.92. The van der Waals surface area contributed by atoms with Crippen LogP contribution in [0.4, 0.5) is 0 Å². The van der Waals surface area contributed by atoms with Gasteiger partial charge in [0.1, 0.15) is 0 Å². The van der Waals surface area contributed by atoms with Crippen LogP contribution in [-0.2, 0) is 7.05 Å². The summed E-state index contributed by atoms with van der Waals surface area (Å²) in [5.41, 5.74) is 10.3. The summed E-state index contributed by atoms with van der Waals surface area (Å²) in [7, 11) is -0.0509. The molecule has 2 N–H and O–H groups in total. The van der Waals surface area contributed by atoms with E-state index in [1.54, 1.807) is 0 Å². The quantitative estimate of drug-likeness (QED) is 0.686. The predicted molar refractivity (Wildman–Crippen MR) is 97.3 cm³/mol. The Morgan fingerprint density at radius 2 is 1.48 bits per heavy atom. The number of para-hydroxylation sites is 2. The molecule has 0 unspecified atom stereocenters. The van der Waals surface area contributed by atoms with Gasteiger partial charge in [-0.05, 0) is 39.8 Å². The van der Waals surface area contributed by atoms with Crippen molar-refractivity contribution in [2.45, 2.75) is 27.7 Å². The molecular formula is C16H29ClN5P. The molecule has 5 nitrogen and oxygen atoms in total. The number of imidazole rings is 1. The van der Waals surface area contributed by atoms with Crippen LogP contribution in [0.5, 0.6) is 0 Å². The van der Waals surface area contributed by atoms with Gasteiger partial charge in [-0.3, -0.25) is 4.57 Å². The zero-order chi connectivity index (χ0) is 16.3.